The number of urea groups is 1. The summed E-state index contributed by atoms with van der Waals surface area (Å²) in [5, 5.41) is 2.96. The molecule has 0 spiro atoms. The Labute approximate surface area is 142 Å². The summed E-state index contributed by atoms with van der Waals surface area (Å²) in [5.74, 6) is -0.400. The van der Waals surface area contributed by atoms with Gasteiger partial charge in [-0.3, -0.25) is 4.79 Å². The summed E-state index contributed by atoms with van der Waals surface area (Å²) in [4.78, 5) is 25.3. The average molecular weight is 335 g/mol. The van der Waals surface area contributed by atoms with E-state index in [2.05, 4.69) is 5.32 Å². The van der Waals surface area contributed by atoms with Crippen LogP contribution in [0, 0.1) is 25.6 Å². The van der Waals surface area contributed by atoms with Crippen LogP contribution in [0.25, 0.3) is 0 Å². The molecule has 1 fully saturated rings. The van der Waals surface area contributed by atoms with Gasteiger partial charge in [-0.05, 0) is 56.2 Å². The molecule has 6 heteroatoms. The number of nitrogens with two attached hydrogens (primary N) is 1. The number of piperidine rings is 1. The fourth-order valence-corrected chi connectivity index (χ4v) is 3.29. The lowest BCUT2D eigenvalue weighted by Gasteiger charge is -2.33. The topological polar surface area (TPSA) is 75.4 Å². The van der Waals surface area contributed by atoms with E-state index >= 15 is 0 Å². The number of nitrogens with zero attached hydrogens (tertiary/aromatic N) is 1. The molecule has 2 rings (SSSR count). The van der Waals surface area contributed by atoms with Crippen molar-refractivity contribution in [1.29, 1.82) is 0 Å². The van der Waals surface area contributed by atoms with E-state index in [-0.39, 0.29) is 29.7 Å². The molecule has 1 aliphatic rings. The van der Waals surface area contributed by atoms with Crippen molar-refractivity contribution in [3.63, 3.8) is 0 Å². The SMILES string of the molecule is Cc1cc([C@@H](C)NC(=O)N2CCC[C@H](CC(N)=O)C2)cc(C)c1F. The van der Waals surface area contributed by atoms with Gasteiger partial charge in [0.25, 0.3) is 0 Å². The van der Waals surface area contributed by atoms with Crippen LogP contribution in [0.5, 0.6) is 0 Å². The minimum absolute atomic E-state index is 0.132. The van der Waals surface area contributed by atoms with E-state index in [9.17, 15) is 14.0 Å². The number of likely N-dealkylation sites (tertiary alicyclic amines) is 1. The van der Waals surface area contributed by atoms with Gasteiger partial charge in [0.05, 0.1) is 6.04 Å². The Morgan fingerprint density at radius 1 is 1.38 bits per heavy atom. The fraction of sp³-hybridized carbons (Fsp3) is 0.556. The van der Waals surface area contributed by atoms with Gasteiger partial charge in [0.1, 0.15) is 5.82 Å². The Balaban J connectivity index is 1.99. The van der Waals surface area contributed by atoms with Crippen LogP contribution in [-0.2, 0) is 4.79 Å². The summed E-state index contributed by atoms with van der Waals surface area (Å²) in [6.45, 7) is 6.55. The summed E-state index contributed by atoms with van der Waals surface area (Å²) in [7, 11) is 0. The zero-order valence-corrected chi connectivity index (χ0v) is 14.6. The Morgan fingerprint density at radius 2 is 2.00 bits per heavy atom. The smallest absolute Gasteiger partial charge is 0.317 e. The van der Waals surface area contributed by atoms with Crippen molar-refractivity contribution in [3.05, 3.63) is 34.6 Å². The van der Waals surface area contributed by atoms with E-state index in [0.717, 1.165) is 18.4 Å². The minimum atomic E-state index is -0.326. The van der Waals surface area contributed by atoms with Gasteiger partial charge in [-0.2, -0.15) is 0 Å². The van der Waals surface area contributed by atoms with Gasteiger partial charge in [0.2, 0.25) is 5.91 Å². The van der Waals surface area contributed by atoms with Crippen LogP contribution in [0.1, 0.15) is 48.9 Å². The van der Waals surface area contributed by atoms with Crippen LogP contribution in [0.3, 0.4) is 0 Å². The van der Waals surface area contributed by atoms with E-state index in [4.69, 9.17) is 5.73 Å². The first-order chi connectivity index (χ1) is 11.3. The van der Waals surface area contributed by atoms with Gasteiger partial charge in [-0.1, -0.05) is 12.1 Å². The standard InChI is InChI=1S/C18H26FN3O2/c1-11-7-15(8-12(2)17(11)19)13(3)21-18(24)22-6-4-5-14(10-22)9-16(20)23/h7-8,13-14H,4-6,9-10H2,1-3H3,(H2,20,23)(H,21,24)/t13-,14-/m1/s1. The third-order valence-electron chi connectivity index (χ3n) is 4.59. The Hall–Kier alpha value is -2.11. The second-order valence-electron chi connectivity index (χ2n) is 6.76. The second-order valence-corrected chi connectivity index (χ2v) is 6.76. The number of nitrogens with one attached hydrogen (secondary N) is 1. The molecule has 0 unspecified atom stereocenters. The van der Waals surface area contributed by atoms with Crippen molar-refractivity contribution >= 4 is 11.9 Å². The maximum atomic E-state index is 13.7. The molecule has 2 atom stereocenters. The highest BCUT2D eigenvalue weighted by molar-refractivity contribution is 5.76. The number of rotatable bonds is 4. The monoisotopic (exact) mass is 335 g/mol. The number of halogens is 1. The summed E-state index contributed by atoms with van der Waals surface area (Å²) in [5.41, 5.74) is 7.28. The molecule has 1 aromatic rings. The highest BCUT2D eigenvalue weighted by Gasteiger charge is 2.25. The molecule has 0 bridgehead atoms. The number of hydrogen-bond acceptors (Lipinski definition) is 2. The van der Waals surface area contributed by atoms with E-state index < -0.39 is 0 Å². The van der Waals surface area contributed by atoms with Crippen molar-refractivity contribution in [2.24, 2.45) is 11.7 Å². The molecule has 5 nitrogen and oxygen atoms in total. The minimum Gasteiger partial charge on any atom is -0.370 e. The highest BCUT2D eigenvalue weighted by Crippen LogP contribution is 2.22. The number of amides is 3. The maximum Gasteiger partial charge on any atom is 0.317 e. The summed E-state index contributed by atoms with van der Waals surface area (Å²) in [6, 6.07) is 3.15. The second kappa shape index (κ2) is 7.64. The highest BCUT2D eigenvalue weighted by atomic mass is 19.1. The average Bonchev–Trinajstić information content (AvgIpc) is 2.51. The lowest BCUT2D eigenvalue weighted by Crippen LogP contribution is -2.46. The zero-order valence-electron chi connectivity index (χ0n) is 14.6. The number of carbonyl (C=O) groups is 2. The molecule has 0 saturated carbocycles. The van der Waals surface area contributed by atoms with E-state index in [1.54, 1.807) is 30.9 Å². The molecule has 3 N–H and O–H groups in total. The van der Waals surface area contributed by atoms with E-state index in [1.165, 1.54) is 0 Å². The molecular weight excluding hydrogens is 309 g/mol. The molecule has 1 aromatic carbocycles. The van der Waals surface area contributed by atoms with Crippen LogP contribution in [-0.4, -0.2) is 29.9 Å². The first kappa shape index (κ1) is 18.2. The largest absolute Gasteiger partial charge is 0.370 e. The van der Waals surface area contributed by atoms with Gasteiger partial charge in [0.15, 0.2) is 0 Å². The van der Waals surface area contributed by atoms with Crippen LogP contribution < -0.4 is 11.1 Å². The third kappa shape index (κ3) is 4.46. The van der Waals surface area contributed by atoms with Gasteiger partial charge in [-0.25, -0.2) is 9.18 Å². The number of hydrogen-bond donors (Lipinski definition) is 2. The van der Waals surface area contributed by atoms with Crippen LogP contribution in [0.4, 0.5) is 9.18 Å². The van der Waals surface area contributed by atoms with Gasteiger partial charge < -0.3 is 16.0 Å². The van der Waals surface area contributed by atoms with Gasteiger partial charge in [0, 0.05) is 19.5 Å². The lowest BCUT2D eigenvalue weighted by atomic mass is 9.95. The van der Waals surface area contributed by atoms with Crippen molar-refractivity contribution in [1.82, 2.24) is 10.2 Å². The Morgan fingerprint density at radius 3 is 2.58 bits per heavy atom. The molecule has 1 heterocycles. The normalized spacial score (nSPS) is 19.0. The third-order valence-corrected chi connectivity index (χ3v) is 4.59. The van der Waals surface area contributed by atoms with Gasteiger partial charge >= 0.3 is 6.03 Å². The van der Waals surface area contributed by atoms with Crippen LogP contribution in [0.15, 0.2) is 12.1 Å². The summed E-state index contributed by atoms with van der Waals surface area (Å²) < 4.78 is 13.7. The molecular formula is C18H26FN3O2. The molecule has 3 amide bonds. The first-order valence-corrected chi connectivity index (χ1v) is 8.38. The van der Waals surface area contributed by atoms with Crippen molar-refractivity contribution in [2.45, 2.75) is 46.1 Å². The van der Waals surface area contributed by atoms with Crippen LogP contribution in [0.2, 0.25) is 0 Å². The maximum absolute atomic E-state index is 13.7. The van der Waals surface area contributed by atoms with Crippen molar-refractivity contribution < 1.29 is 14.0 Å². The number of carbonyl (C=O) groups excluding carboxylic acids is 2. The van der Waals surface area contributed by atoms with Gasteiger partial charge in [-0.15, -0.1) is 0 Å². The molecule has 0 aromatic heterocycles. The first-order valence-electron chi connectivity index (χ1n) is 8.38. The summed E-state index contributed by atoms with van der Waals surface area (Å²) >= 11 is 0. The Bertz CT molecular complexity index is 610. The predicted octanol–water partition coefficient (Wildman–Crippen LogP) is 2.80. The quantitative estimate of drug-likeness (QED) is 0.888. The lowest BCUT2D eigenvalue weighted by molar-refractivity contribution is -0.119. The fourth-order valence-electron chi connectivity index (χ4n) is 3.29. The number of aryl methyl sites for hydroxylation is 2. The predicted molar refractivity (Wildman–Crippen MR) is 90.9 cm³/mol. The van der Waals surface area contributed by atoms with Crippen molar-refractivity contribution in [3.8, 4) is 0 Å². The molecule has 0 radical (unpaired) electrons. The summed E-state index contributed by atoms with van der Waals surface area (Å²) in [6.07, 6.45) is 2.10. The molecule has 132 valence electrons. The molecule has 0 aliphatic carbocycles. The van der Waals surface area contributed by atoms with E-state index in [0.29, 0.717) is 30.6 Å². The number of benzene rings is 1. The molecule has 1 aliphatic heterocycles. The zero-order chi connectivity index (χ0) is 17.9. The van der Waals surface area contributed by atoms with Crippen LogP contribution >= 0.6 is 0 Å². The Kier molecular flexibility index (Phi) is 5.80. The van der Waals surface area contributed by atoms with E-state index in [1.807, 2.05) is 6.92 Å². The molecule has 24 heavy (non-hydrogen) atoms. The van der Waals surface area contributed by atoms with Crippen molar-refractivity contribution in [2.75, 3.05) is 13.1 Å². The molecule has 1 saturated heterocycles. The number of primary amides is 1.